The van der Waals surface area contributed by atoms with Crippen molar-refractivity contribution in [3.05, 3.63) is 11.6 Å². The van der Waals surface area contributed by atoms with Crippen LogP contribution < -0.4 is 0 Å². The van der Waals surface area contributed by atoms with Gasteiger partial charge < -0.3 is 4.74 Å². The van der Waals surface area contributed by atoms with Crippen LogP contribution in [0, 0.1) is 0 Å². The van der Waals surface area contributed by atoms with Gasteiger partial charge >= 0.3 is 5.97 Å². The summed E-state index contributed by atoms with van der Waals surface area (Å²) >= 11 is 5.74. The van der Waals surface area contributed by atoms with Gasteiger partial charge in [0.05, 0.1) is 7.11 Å². The van der Waals surface area contributed by atoms with Crippen LogP contribution in [0.1, 0.15) is 19.3 Å². The zero-order chi connectivity index (χ0) is 10.6. The molecule has 1 fully saturated rings. The van der Waals surface area contributed by atoms with Crippen molar-refractivity contribution in [3.8, 4) is 0 Å². The molecule has 1 aliphatic rings. The highest BCUT2D eigenvalue weighted by atomic mass is 35.5. The number of carbonyl (C=O) groups excluding carboxylic acids is 1. The first-order valence-corrected chi connectivity index (χ1v) is 5.18. The third-order valence-electron chi connectivity index (χ3n) is 2.46. The number of rotatable bonds is 3. The van der Waals surface area contributed by atoms with Gasteiger partial charge in [-0.15, -0.1) is 0 Å². The molecule has 0 aromatic rings. The van der Waals surface area contributed by atoms with Crippen LogP contribution in [0.25, 0.3) is 0 Å². The largest absolute Gasteiger partial charge is 0.468 e. The zero-order valence-corrected chi connectivity index (χ0v) is 9.22. The molecule has 0 spiro atoms. The lowest BCUT2D eigenvalue weighted by molar-refractivity contribution is -0.148. The van der Waals surface area contributed by atoms with E-state index in [0.717, 1.165) is 25.8 Å². The average Bonchev–Trinajstić information content (AvgIpc) is 2.16. The van der Waals surface area contributed by atoms with Crippen LogP contribution in [0.5, 0.6) is 0 Å². The molecule has 1 saturated heterocycles. The maximum Gasteiger partial charge on any atom is 0.323 e. The van der Waals surface area contributed by atoms with Crippen LogP contribution in [-0.4, -0.2) is 37.1 Å². The summed E-state index contributed by atoms with van der Waals surface area (Å²) in [5.74, 6) is -0.164. The second-order valence-corrected chi connectivity index (χ2v) is 4.06. The van der Waals surface area contributed by atoms with Crippen LogP contribution in [0.15, 0.2) is 11.6 Å². The summed E-state index contributed by atoms with van der Waals surface area (Å²) < 4.78 is 4.75. The van der Waals surface area contributed by atoms with Gasteiger partial charge in [-0.3, -0.25) is 9.69 Å². The highest BCUT2D eigenvalue weighted by Gasteiger charge is 2.29. The van der Waals surface area contributed by atoms with Gasteiger partial charge in [0.2, 0.25) is 0 Å². The van der Waals surface area contributed by atoms with E-state index in [1.54, 1.807) is 0 Å². The summed E-state index contributed by atoms with van der Waals surface area (Å²) in [5, 5.41) is 0.570. The molecular formula is C10H16ClNO2. The molecule has 0 amide bonds. The first-order valence-electron chi connectivity index (χ1n) is 4.80. The topological polar surface area (TPSA) is 29.5 Å². The van der Waals surface area contributed by atoms with Crippen molar-refractivity contribution in [1.82, 2.24) is 4.90 Å². The van der Waals surface area contributed by atoms with Crippen LogP contribution in [0.4, 0.5) is 0 Å². The Morgan fingerprint density at radius 3 is 2.93 bits per heavy atom. The van der Waals surface area contributed by atoms with Crippen LogP contribution >= 0.6 is 11.6 Å². The molecule has 1 unspecified atom stereocenters. The molecule has 0 aromatic heterocycles. The highest BCUT2D eigenvalue weighted by molar-refractivity contribution is 6.29. The monoisotopic (exact) mass is 217 g/mol. The molecule has 0 N–H and O–H groups in total. The zero-order valence-electron chi connectivity index (χ0n) is 8.46. The Morgan fingerprint density at radius 1 is 1.64 bits per heavy atom. The summed E-state index contributed by atoms with van der Waals surface area (Å²) in [5.41, 5.74) is 0. The number of hydrogen-bond donors (Lipinski definition) is 0. The van der Waals surface area contributed by atoms with E-state index in [-0.39, 0.29) is 12.0 Å². The van der Waals surface area contributed by atoms with Crippen LogP contribution in [0.2, 0.25) is 0 Å². The number of halogens is 1. The van der Waals surface area contributed by atoms with Gasteiger partial charge in [-0.05, 0) is 19.4 Å². The minimum absolute atomic E-state index is 0.135. The molecule has 0 aliphatic carbocycles. The van der Waals surface area contributed by atoms with Gasteiger partial charge in [0.15, 0.2) is 0 Å². The summed E-state index contributed by atoms with van der Waals surface area (Å²) in [6, 6.07) is -0.135. The molecule has 1 atom stereocenters. The first-order chi connectivity index (χ1) is 6.65. The molecule has 0 saturated carbocycles. The van der Waals surface area contributed by atoms with Gasteiger partial charge in [-0.2, -0.15) is 0 Å². The SMILES string of the molecule is C=C(Cl)CN1CCCCC1C(=O)OC. The van der Waals surface area contributed by atoms with Gasteiger partial charge in [-0.1, -0.05) is 24.6 Å². The second kappa shape index (κ2) is 5.37. The minimum Gasteiger partial charge on any atom is -0.468 e. The van der Waals surface area contributed by atoms with Crippen molar-refractivity contribution < 1.29 is 9.53 Å². The number of piperidine rings is 1. The molecule has 3 nitrogen and oxygen atoms in total. The standard InChI is InChI=1S/C10H16ClNO2/c1-8(11)7-12-6-4-3-5-9(12)10(13)14-2/h9H,1,3-7H2,2H3. The third kappa shape index (κ3) is 3.00. The Kier molecular flexibility index (Phi) is 4.42. The predicted molar refractivity (Wildman–Crippen MR) is 56.2 cm³/mol. The van der Waals surface area contributed by atoms with Gasteiger partial charge in [0, 0.05) is 11.6 Å². The van der Waals surface area contributed by atoms with Crippen molar-refractivity contribution in [3.63, 3.8) is 0 Å². The maximum atomic E-state index is 11.4. The Hall–Kier alpha value is -0.540. The van der Waals surface area contributed by atoms with E-state index in [0.29, 0.717) is 11.6 Å². The lowest BCUT2D eigenvalue weighted by Gasteiger charge is -2.33. The molecule has 0 radical (unpaired) electrons. The van der Waals surface area contributed by atoms with Crippen molar-refractivity contribution in [2.24, 2.45) is 0 Å². The lowest BCUT2D eigenvalue weighted by atomic mass is 10.0. The summed E-state index contributed by atoms with van der Waals surface area (Å²) in [7, 11) is 1.42. The Morgan fingerprint density at radius 2 is 2.36 bits per heavy atom. The number of carbonyl (C=O) groups is 1. The van der Waals surface area contributed by atoms with Crippen LogP contribution in [0.3, 0.4) is 0 Å². The normalized spacial score (nSPS) is 23.1. The molecule has 14 heavy (non-hydrogen) atoms. The molecule has 1 aliphatic heterocycles. The number of nitrogens with zero attached hydrogens (tertiary/aromatic N) is 1. The van der Waals surface area contributed by atoms with Crippen molar-refractivity contribution in [1.29, 1.82) is 0 Å². The molecular weight excluding hydrogens is 202 g/mol. The summed E-state index contributed by atoms with van der Waals surface area (Å²) in [4.78, 5) is 13.5. The Balaban J connectivity index is 2.58. The van der Waals surface area contributed by atoms with Gasteiger partial charge in [0.25, 0.3) is 0 Å². The fraction of sp³-hybridized carbons (Fsp3) is 0.700. The van der Waals surface area contributed by atoms with Crippen molar-refractivity contribution in [2.75, 3.05) is 20.2 Å². The number of likely N-dealkylation sites (tertiary alicyclic amines) is 1. The Labute approximate surface area is 89.7 Å². The summed E-state index contributed by atoms with van der Waals surface area (Å²) in [6.07, 6.45) is 3.04. The first kappa shape index (κ1) is 11.5. The fourth-order valence-electron chi connectivity index (χ4n) is 1.80. The predicted octanol–water partition coefficient (Wildman–Crippen LogP) is 1.77. The Bertz CT molecular complexity index is 230. The van der Waals surface area contributed by atoms with E-state index in [4.69, 9.17) is 16.3 Å². The minimum atomic E-state index is -0.164. The molecule has 80 valence electrons. The van der Waals surface area contributed by atoms with Gasteiger partial charge in [-0.25, -0.2) is 0 Å². The van der Waals surface area contributed by atoms with E-state index >= 15 is 0 Å². The van der Waals surface area contributed by atoms with E-state index in [1.165, 1.54) is 7.11 Å². The van der Waals surface area contributed by atoms with E-state index in [2.05, 4.69) is 6.58 Å². The molecule has 1 heterocycles. The summed E-state index contributed by atoms with van der Waals surface area (Å²) in [6.45, 7) is 5.11. The van der Waals surface area contributed by atoms with Crippen LogP contribution in [-0.2, 0) is 9.53 Å². The quantitative estimate of drug-likeness (QED) is 0.675. The van der Waals surface area contributed by atoms with Crippen molar-refractivity contribution in [2.45, 2.75) is 25.3 Å². The fourth-order valence-corrected chi connectivity index (χ4v) is 1.96. The second-order valence-electron chi connectivity index (χ2n) is 3.52. The number of methoxy groups -OCH3 is 1. The smallest absolute Gasteiger partial charge is 0.323 e. The maximum absolute atomic E-state index is 11.4. The molecule has 4 heteroatoms. The molecule has 0 aromatic carbocycles. The highest BCUT2D eigenvalue weighted by Crippen LogP contribution is 2.19. The third-order valence-corrected chi connectivity index (χ3v) is 2.58. The number of ether oxygens (including phenoxy) is 1. The van der Waals surface area contributed by atoms with E-state index in [1.807, 2.05) is 4.90 Å². The van der Waals surface area contributed by atoms with Gasteiger partial charge in [0.1, 0.15) is 6.04 Å². The van der Waals surface area contributed by atoms with E-state index in [9.17, 15) is 4.79 Å². The average molecular weight is 218 g/mol. The number of esters is 1. The van der Waals surface area contributed by atoms with Crippen molar-refractivity contribution >= 4 is 17.6 Å². The number of hydrogen-bond acceptors (Lipinski definition) is 3. The molecule has 0 bridgehead atoms. The lowest BCUT2D eigenvalue weighted by Crippen LogP contribution is -2.45. The van der Waals surface area contributed by atoms with E-state index < -0.39 is 0 Å². The molecule has 1 rings (SSSR count).